The molecule has 2 heterocycles. The van der Waals surface area contributed by atoms with Crippen LogP contribution in [0.1, 0.15) is 42.9 Å². The molecule has 1 saturated heterocycles. The number of pyridine rings is 1. The van der Waals surface area contributed by atoms with Crippen molar-refractivity contribution in [3.8, 4) is 17.0 Å². The standard InChI is InChI=1S/C18H23N3O2.ClH/c1-11(22)17-14(12-5-4-8-20-10-12)9-15(21-18(17)19)13-6-2-3-7-16(13)23;/h2-3,6-7,9,11-12,20,22-23H,4-5,8,10H2,1H3,(H2,19,21);1H. The largest absolute Gasteiger partial charge is 0.507 e. The maximum absolute atomic E-state index is 10.1. The molecule has 1 fully saturated rings. The normalized spacial score (nSPS) is 18.7. The van der Waals surface area contributed by atoms with E-state index in [1.165, 1.54) is 0 Å². The minimum atomic E-state index is -0.669. The van der Waals surface area contributed by atoms with Crippen LogP contribution < -0.4 is 11.1 Å². The highest BCUT2D eigenvalue weighted by atomic mass is 35.5. The minimum absolute atomic E-state index is 0. The average molecular weight is 350 g/mol. The Morgan fingerprint density at radius 2 is 2.08 bits per heavy atom. The Morgan fingerprint density at radius 3 is 2.71 bits per heavy atom. The van der Waals surface area contributed by atoms with Gasteiger partial charge in [0.2, 0.25) is 0 Å². The molecule has 5 nitrogen and oxygen atoms in total. The Morgan fingerprint density at radius 1 is 1.33 bits per heavy atom. The summed E-state index contributed by atoms with van der Waals surface area (Å²) in [5.41, 5.74) is 9.17. The van der Waals surface area contributed by atoms with Gasteiger partial charge in [0.05, 0.1) is 11.8 Å². The number of para-hydroxylation sites is 1. The molecule has 0 bridgehead atoms. The average Bonchev–Trinajstić information content (AvgIpc) is 2.55. The number of aliphatic hydroxyl groups is 1. The summed E-state index contributed by atoms with van der Waals surface area (Å²) in [6.07, 6.45) is 1.48. The van der Waals surface area contributed by atoms with E-state index in [0.717, 1.165) is 31.5 Å². The maximum atomic E-state index is 10.1. The van der Waals surface area contributed by atoms with E-state index in [-0.39, 0.29) is 18.2 Å². The summed E-state index contributed by atoms with van der Waals surface area (Å²) in [5, 5.41) is 23.6. The SMILES string of the molecule is CC(O)c1c(C2CCCNC2)cc(-c2ccccc2O)nc1N.Cl. The number of piperidine rings is 1. The lowest BCUT2D eigenvalue weighted by Crippen LogP contribution is -2.29. The lowest BCUT2D eigenvalue weighted by molar-refractivity contribution is 0.197. The van der Waals surface area contributed by atoms with Gasteiger partial charge in [-0.25, -0.2) is 4.98 Å². The predicted molar refractivity (Wildman–Crippen MR) is 98.5 cm³/mol. The van der Waals surface area contributed by atoms with Crippen LogP contribution in [0, 0.1) is 0 Å². The summed E-state index contributed by atoms with van der Waals surface area (Å²) in [6.45, 7) is 3.60. The molecule has 2 aromatic rings. The van der Waals surface area contributed by atoms with Gasteiger partial charge in [-0.05, 0) is 56.0 Å². The number of halogens is 1. The highest BCUT2D eigenvalue weighted by Crippen LogP contribution is 2.37. The Hall–Kier alpha value is -1.82. The summed E-state index contributed by atoms with van der Waals surface area (Å²) in [7, 11) is 0. The molecule has 1 aromatic carbocycles. The van der Waals surface area contributed by atoms with E-state index in [4.69, 9.17) is 5.73 Å². The second-order valence-corrected chi connectivity index (χ2v) is 6.13. The van der Waals surface area contributed by atoms with Gasteiger partial charge >= 0.3 is 0 Å². The minimum Gasteiger partial charge on any atom is -0.507 e. The van der Waals surface area contributed by atoms with E-state index < -0.39 is 6.10 Å². The van der Waals surface area contributed by atoms with Gasteiger partial charge in [0, 0.05) is 17.7 Å². The van der Waals surface area contributed by atoms with Crippen LogP contribution >= 0.6 is 12.4 Å². The van der Waals surface area contributed by atoms with E-state index in [0.29, 0.717) is 28.6 Å². The highest BCUT2D eigenvalue weighted by molar-refractivity contribution is 5.85. The van der Waals surface area contributed by atoms with Crippen LogP contribution in [0.3, 0.4) is 0 Å². The van der Waals surface area contributed by atoms with Crippen molar-refractivity contribution in [3.05, 3.63) is 41.5 Å². The molecular weight excluding hydrogens is 326 g/mol. The zero-order valence-corrected chi connectivity index (χ0v) is 14.5. The van der Waals surface area contributed by atoms with Crippen LogP contribution in [0.4, 0.5) is 5.82 Å². The maximum Gasteiger partial charge on any atom is 0.130 e. The second kappa shape index (κ2) is 7.83. The van der Waals surface area contributed by atoms with Crippen LogP contribution in [0.25, 0.3) is 11.3 Å². The van der Waals surface area contributed by atoms with Gasteiger partial charge in [-0.1, -0.05) is 12.1 Å². The number of phenols is 1. The first-order valence-corrected chi connectivity index (χ1v) is 8.05. The number of hydrogen-bond acceptors (Lipinski definition) is 5. The van der Waals surface area contributed by atoms with Gasteiger partial charge < -0.3 is 21.3 Å². The van der Waals surface area contributed by atoms with E-state index in [1.807, 2.05) is 18.2 Å². The molecule has 2 unspecified atom stereocenters. The summed E-state index contributed by atoms with van der Waals surface area (Å²) >= 11 is 0. The van der Waals surface area contributed by atoms with Crippen LogP contribution in [0.2, 0.25) is 0 Å². The molecule has 1 aromatic heterocycles. The Balaban J connectivity index is 0.00000208. The van der Waals surface area contributed by atoms with Crippen molar-refractivity contribution in [3.63, 3.8) is 0 Å². The third-order valence-electron chi connectivity index (χ3n) is 4.45. The van der Waals surface area contributed by atoms with Crippen LogP contribution in [0.5, 0.6) is 5.75 Å². The Labute approximate surface area is 148 Å². The predicted octanol–water partition coefficient (Wildman–Crippen LogP) is 2.98. The summed E-state index contributed by atoms with van der Waals surface area (Å²) < 4.78 is 0. The number of aromatic nitrogens is 1. The van der Waals surface area contributed by atoms with Crippen molar-refractivity contribution in [2.45, 2.75) is 31.8 Å². The van der Waals surface area contributed by atoms with E-state index >= 15 is 0 Å². The second-order valence-electron chi connectivity index (χ2n) is 6.13. The quantitative estimate of drug-likeness (QED) is 0.683. The number of nitrogen functional groups attached to an aromatic ring is 1. The van der Waals surface area contributed by atoms with Crippen LogP contribution in [-0.4, -0.2) is 28.3 Å². The number of nitrogens with zero attached hydrogens (tertiary/aromatic N) is 1. The van der Waals surface area contributed by atoms with Crippen molar-refractivity contribution < 1.29 is 10.2 Å². The number of anilines is 1. The zero-order chi connectivity index (χ0) is 16.4. The smallest absolute Gasteiger partial charge is 0.130 e. The fourth-order valence-corrected chi connectivity index (χ4v) is 3.33. The van der Waals surface area contributed by atoms with Gasteiger partial charge in [-0.15, -0.1) is 12.4 Å². The number of hydrogen-bond donors (Lipinski definition) is 4. The molecule has 6 heteroatoms. The van der Waals surface area contributed by atoms with Gasteiger partial charge in [-0.3, -0.25) is 0 Å². The number of aromatic hydroxyl groups is 1. The van der Waals surface area contributed by atoms with E-state index in [9.17, 15) is 10.2 Å². The summed E-state index contributed by atoms with van der Waals surface area (Å²) in [5.74, 6) is 0.807. The number of nitrogens with two attached hydrogens (primary N) is 1. The number of phenolic OH excluding ortho intramolecular Hbond substituents is 1. The van der Waals surface area contributed by atoms with Gasteiger partial charge in [-0.2, -0.15) is 0 Å². The number of aliphatic hydroxyl groups excluding tert-OH is 1. The molecule has 24 heavy (non-hydrogen) atoms. The van der Waals surface area contributed by atoms with Crippen molar-refractivity contribution >= 4 is 18.2 Å². The Kier molecular flexibility index (Phi) is 6.04. The molecule has 130 valence electrons. The molecule has 5 N–H and O–H groups in total. The van der Waals surface area contributed by atoms with Crippen LogP contribution in [-0.2, 0) is 0 Å². The first-order valence-electron chi connectivity index (χ1n) is 8.05. The fourth-order valence-electron chi connectivity index (χ4n) is 3.33. The Bertz CT molecular complexity index is 701. The summed E-state index contributed by atoms with van der Waals surface area (Å²) in [4.78, 5) is 4.42. The topological polar surface area (TPSA) is 91.4 Å². The monoisotopic (exact) mass is 349 g/mol. The molecule has 0 radical (unpaired) electrons. The van der Waals surface area contributed by atoms with Gasteiger partial charge in [0.15, 0.2) is 0 Å². The van der Waals surface area contributed by atoms with Crippen LogP contribution in [0.15, 0.2) is 30.3 Å². The van der Waals surface area contributed by atoms with E-state index in [2.05, 4.69) is 10.3 Å². The molecule has 0 spiro atoms. The fraction of sp³-hybridized carbons (Fsp3) is 0.389. The number of benzene rings is 1. The summed E-state index contributed by atoms with van der Waals surface area (Å²) in [6, 6.07) is 9.06. The van der Waals surface area contributed by atoms with Gasteiger partial charge in [0.1, 0.15) is 11.6 Å². The number of rotatable bonds is 3. The lowest BCUT2D eigenvalue weighted by Gasteiger charge is -2.27. The van der Waals surface area contributed by atoms with E-state index in [1.54, 1.807) is 19.1 Å². The lowest BCUT2D eigenvalue weighted by atomic mass is 9.86. The first kappa shape index (κ1) is 18.5. The molecule has 0 aliphatic carbocycles. The van der Waals surface area contributed by atoms with Crippen molar-refractivity contribution in [2.24, 2.45) is 0 Å². The van der Waals surface area contributed by atoms with Gasteiger partial charge in [0.25, 0.3) is 0 Å². The molecule has 1 aliphatic heterocycles. The third kappa shape index (κ3) is 3.64. The highest BCUT2D eigenvalue weighted by Gasteiger charge is 2.24. The van der Waals surface area contributed by atoms with Crippen molar-refractivity contribution in [2.75, 3.05) is 18.8 Å². The molecule has 0 saturated carbocycles. The number of nitrogens with one attached hydrogen (secondary N) is 1. The molecule has 1 aliphatic rings. The van der Waals surface area contributed by atoms with Crippen molar-refractivity contribution in [1.29, 1.82) is 0 Å². The van der Waals surface area contributed by atoms with Crippen molar-refractivity contribution in [1.82, 2.24) is 10.3 Å². The molecule has 3 rings (SSSR count). The molecular formula is C18H24ClN3O2. The molecule has 0 amide bonds. The molecule has 2 atom stereocenters. The third-order valence-corrected chi connectivity index (χ3v) is 4.45. The first-order chi connectivity index (χ1) is 11.1. The zero-order valence-electron chi connectivity index (χ0n) is 13.7.